The van der Waals surface area contributed by atoms with Crippen LogP contribution < -0.4 is 0 Å². The highest BCUT2D eigenvalue weighted by atomic mass is 16.2. The third kappa shape index (κ3) is 1.65. The van der Waals surface area contributed by atoms with E-state index in [0.717, 1.165) is 19.4 Å². The second-order valence-electron chi connectivity index (χ2n) is 3.77. The third-order valence-corrected chi connectivity index (χ3v) is 2.84. The molecule has 1 aromatic rings. The van der Waals surface area contributed by atoms with Crippen molar-refractivity contribution in [3.8, 4) is 0 Å². The predicted octanol–water partition coefficient (Wildman–Crippen LogP) is 2.20. The molecule has 2 nitrogen and oxygen atoms in total. The Kier molecular flexibility index (Phi) is 2.53. The molecule has 1 heterocycles. The Labute approximate surface area is 84.5 Å². The fraction of sp³-hybridized carbons (Fsp3) is 0.417. The van der Waals surface area contributed by atoms with Gasteiger partial charge in [-0.25, -0.2) is 0 Å². The number of rotatable bonds is 3. The van der Waals surface area contributed by atoms with Gasteiger partial charge in [-0.2, -0.15) is 0 Å². The smallest absolute Gasteiger partial charge is 0.225 e. The Balaban J connectivity index is 2.01. The zero-order chi connectivity index (χ0) is 9.97. The Bertz CT molecular complexity index is 320. The van der Waals surface area contributed by atoms with Crippen molar-refractivity contribution < 1.29 is 4.79 Å². The molecular formula is C12H15NO. The molecule has 14 heavy (non-hydrogen) atoms. The average molecular weight is 189 g/mol. The zero-order valence-corrected chi connectivity index (χ0v) is 8.44. The van der Waals surface area contributed by atoms with Crippen LogP contribution in [0.4, 0.5) is 0 Å². The number of β-lactam (4-membered cyclic amide) rings is 1. The van der Waals surface area contributed by atoms with Crippen LogP contribution in [0.15, 0.2) is 30.3 Å². The summed E-state index contributed by atoms with van der Waals surface area (Å²) in [6.07, 6.45) is 1.81. The summed E-state index contributed by atoms with van der Waals surface area (Å²) in [5.41, 5.74) is 1.22. The SMILES string of the molecule is CCC1CC(=O)N1Cc1ccccc1. The van der Waals surface area contributed by atoms with Crippen LogP contribution in [0.3, 0.4) is 0 Å². The molecular weight excluding hydrogens is 174 g/mol. The van der Waals surface area contributed by atoms with E-state index < -0.39 is 0 Å². The van der Waals surface area contributed by atoms with E-state index >= 15 is 0 Å². The molecule has 1 amide bonds. The number of amides is 1. The number of carbonyl (C=O) groups excluding carboxylic acids is 1. The van der Waals surface area contributed by atoms with Gasteiger partial charge in [0.1, 0.15) is 0 Å². The highest BCUT2D eigenvalue weighted by Gasteiger charge is 2.33. The maximum Gasteiger partial charge on any atom is 0.225 e. The van der Waals surface area contributed by atoms with Crippen LogP contribution in [0.2, 0.25) is 0 Å². The molecule has 0 spiro atoms. The van der Waals surface area contributed by atoms with E-state index in [1.807, 2.05) is 23.1 Å². The third-order valence-electron chi connectivity index (χ3n) is 2.84. The van der Waals surface area contributed by atoms with E-state index in [2.05, 4.69) is 19.1 Å². The molecule has 1 unspecified atom stereocenters. The molecule has 0 N–H and O–H groups in total. The maximum atomic E-state index is 11.3. The Morgan fingerprint density at radius 2 is 2.07 bits per heavy atom. The molecule has 1 saturated heterocycles. The fourth-order valence-electron chi connectivity index (χ4n) is 1.88. The molecule has 2 heteroatoms. The van der Waals surface area contributed by atoms with E-state index in [1.54, 1.807) is 0 Å². The van der Waals surface area contributed by atoms with Gasteiger partial charge in [0.2, 0.25) is 5.91 Å². The van der Waals surface area contributed by atoms with Crippen molar-refractivity contribution >= 4 is 5.91 Å². The van der Waals surface area contributed by atoms with Crippen LogP contribution in [0, 0.1) is 0 Å². The van der Waals surface area contributed by atoms with Crippen molar-refractivity contribution in [1.82, 2.24) is 4.90 Å². The Morgan fingerprint density at radius 3 is 2.64 bits per heavy atom. The van der Waals surface area contributed by atoms with Gasteiger partial charge in [0.15, 0.2) is 0 Å². The summed E-state index contributed by atoms with van der Waals surface area (Å²) in [5.74, 6) is 0.292. The zero-order valence-electron chi connectivity index (χ0n) is 8.44. The lowest BCUT2D eigenvalue weighted by Gasteiger charge is -2.40. The molecule has 74 valence electrons. The summed E-state index contributed by atoms with van der Waals surface area (Å²) >= 11 is 0. The number of carbonyl (C=O) groups is 1. The van der Waals surface area contributed by atoms with Crippen LogP contribution in [-0.2, 0) is 11.3 Å². The lowest BCUT2D eigenvalue weighted by Crippen LogP contribution is -2.51. The number of benzene rings is 1. The Hall–Kier alpha value is -1.31. The van der Waals surface area contributed by atoms with Crippen molar-refractivity contribution in [2.45, 2.75) is 32.4 Å². The van der Waals surface area contributed by atoms with E-state index in [9.17, 15) is 4.79 Å². The minimum atomic E-state index is 0.292. The van der Waals surface area contributed by atoms with Crippen molar-refractivity contribution in [1.29, 1.82) is 0 Å². The molecule has 1 atom stereocenters. The predicted molar refractivity (Wildman–Crippen MR) is 55.7 cm³/mol. The second-order valence-corrected chi connectivity index (χ2v) is 3.77. The minimum Gasteiger partial charge on any atom is -0.335 e. The van der Waals surface area contributed by atoms with E-state index in [4.69, 9.17) is 0 Å². The summed E-state index contributed by atoms with van der Waals surface area (Å²) in [4.78, 5) is 13.3. The second kappa shape index (κ2) is 3.82. The first kappa shape index (κ1) is 9.25. The summed E-state index contributed by atoms with van der Waals surface area (Å²) in [6.45, 7) is 2.91. The largest absolute Gasteiger partial charge is 0.335 e. The van der Waals surface area contributed by atoms with Crippen LogP contribution in [0.5, 0.6) is 0 Å². The first-order valence-corrected chi connectivity index (χ1v) is 5.14. The monoisotopic (exact) mass is 189 g/mol. The number of nitrogens with zero attached hydrogens (tertiary/aromatic N) is 1. The van der Waals surface area contributed by atoms with Crippen LogP contribution in [-0.4, -0.2) is 16.8 Å². The molecule has 1 aliphatic heterocycles. The lowest BCUT2D eigenvalue weighted by molar-refractivity contribution is -0.147. The first-order valence-electron chi connectivity index (χ1n) is 5.14. The number of hydrogen-bond donors (Lipinski definition) is 0. The van der Waals surface area contributed by atoms with Gasteiger partial charge >= 0.3 is 0 Å². The summed E-state index contributed by atoms with van der Waals surface area (Å²) in [6, 6.07) is 10.6. The summed E-state index contributed by atoms with van der Waals surface area (Å²) < 4.78 is 0. The molecule has 1 fully saturated rings. The van der Waals surface area contributed by atoms with Crippen molar-refractivity contribution in [2.24, 2.45) is 0 Å². The molecule has 0 aliphatic carbocycles. The number of likely N-dealkylation sites (tertiary alicyclic amines) is 1. The van der Waals surface area contributed by atoms with Gasteiger partial charge in [0.25, 0.3) is 0 Å². The van der Waals surface area contributed by atoms with Crippen LogP contribution in [0.25, 0.3) is 0 Å². The van der Waals surface area contributed by atoms with Gasteiger partial charge < -0.3 is 4.90 Å². The van der Waals surface area contributed by atoms with Crippen molar-refractivity contribution in [3.05, 3.63) is 35.9 Å². The van der Waals surface area contributed by atoms with Gasteiger partial charge in [-0.3, -0.25) is 4.79 Å². The fourth-order valence-corrected chi connectivity index (χ4v) is 1.88. The standard InChI is InChI=1S/C12H15NO/c1-2-11-8-12(14)13(11)9-10-6-4-3-5-7-10/h3-7,11H,2,8-9H2,1H3. The minimum absolute atomic E-state index is 0.292. The van der Waals surface area contributed by atoms with Crippen LogP contribution in [0.1, 0.15) is 25.3 Å². The summed E-state index contributed by atoms with van der Waals surface area (Å²) in [7, 11) is 0. The Morgan fingerprint density at radius 1 is 1.36 bits per heavy atom. The van der Waals surface area contributed by atoms with E-state index in [0.29, 0.717) is 11.9 Å². The average Bonchev–Trinajstić information content (AvgIpc) is 2.24. The molecule has 0 aromatic heterocycles. The quantitative estimate of drug-likeness (QED) is 0.667. The molecule has 0 radical (unpaired) electrons. The first-order chi connectivity index (χ1) is 6.81. The lowest BCUT2D eigenvalue weighted by atomic mass is 9.98. The molecule has 2 rings (SSSR count). The topological polar surface area (TPSA) is 20.3 Å². The van der Waals surface area contributed by atoms with Crippen molar-refractivity contribution in [2.75, 3.05) is 0 Å². The van der Waals surface area contributed by atoms with Gasteiger partial charge in [0, 0.05) is 19.0 Å². The van der Waals surface area contributed by atoms with E-state index in [1.165, 1.54) is 5.56 Å². The molecule has 0 bridgehead atoms. The van der Waals surface area contributed by atoms with Gasteiger partial charge in [-0.15, -0.1) is 0 Å². The van der Waals surface area contributed by atoms with Gasteiger partial charge in [0.05, 0.1) is 0 Å². The van der Waals surface area contributed by atoms with Gasteiger partial charge in [-0.1, -0.05) is 37.3 Å². The number of hydrogen-bond acceptors (Lipinski definition) is 1. The summed E-state index contributed by atoms with van der Waals surface area (Å²) in [5, 5.41) is 0. The highest BCUT2D eigenvalue weighted by molar-refractivity contribution is 5.83. The highest BCUT2D eigenvalue weighted by Crippen LogP contribution is 2.24. The van der Waals surface area contributed by atoms with E-state index in [-0.39, 0.29) is 0 Å². The molecule has 1 aliphatic rings. The van der Waals surface area contributed by atoms with Crippen molar-refractivity contribution in [3.63, 3.8) is 0 Å². The molecule has 0 saturated carbocycles. The molecule has 1 aromatic carbocycles. The maximum absolute atomic E-state index is 11.3. The van der Waals surface area contributed by atoms with Crippen LogP contribution >= 0.6 is 0 Å². The normalized spacial score (nSPS) is 20.8. The van der Waals surface area contributed by atoms with Gasteiger partial charge in [-0.05, 0) is 12.0 Å².